The van der Waals surface area contributed by atoms with Gasteiger partial charge in [0.2, 0.25) is 11.6 Å². The van der Waals surface area contributed by atoms with Gasteiger partial charge in [-0.05, 0) is 72.8 Å². The van der Waals surface area contributed by atoms with Crippen LogP contribution >= 0.6 is 0 Å². The fourth-order valence-corrected chi connectivity index (χ4v) is 8.19. The van der Waals surface area contributed by atoms with Crippen LogP contribution in [0.3, 0.4) is 0 Å². The Labute approximate surface area is 400 Å². The van der Waals surface area contributed by atoms with Gasteiger partial charge in [-0.25, -0.2) is 28.8 Å². The molecule has 6 aromatic carbocycles. The van der Waals surface area contributed by atoms with Gasteiger partial charge in [0.1, 0.15) is 38.6 Å². The van der Waals surface area contributed by atoms with Crippen LogP contribution < -0.4 is 0 Å². The van der Waals surface area contributed by atoms with Gasteiger partial charge in [0.25, 0.3) is 0 Å². The lowest BCUT2D eigenvalue weighted by Gasteiger charge is -2.45. The molecule has 3 heterocycles. The highest BCUT2D eigenvalue weighted by molar-refractivity contribution is 5.92. The van der Waals surface area contributed by atoms with E-state index >= 15 is 0 Å². The van der Waals surface area contributed by atoms with E-state index in [0.29, 0.717) is 0 Å². The molecule has 0 unspecified atom stereocenters. The maximum absolute atomic E-state index is 14.0. The van der Waals surface area contributed by atoms with E-state index in [4.69, 9.17) is 47.4 Å². The van der Waals surface area contributed by atoms with Crippen molar-refractivity contribution < 1.29 is 76.1 Å². The summed E-state index contributed by atoms with van der Waals surface area (Å²) in [5.74, 6) is -9.13. The number of hydrogen-bond acceptors (Lipinski definition) is 16. The number of esters is 6. The van der Waals surface area contributed by atoms with Crippen LogP contribution in [0.4, 0.5) is 0 Å². The van der Waals surface area contributed by atoms with Crippen molar-refractivity contribution in [2.45, 2.75) is 48.2 Å². The third kappa shape index (κ3) is 10.4. The Balaban J connectivity index is 1.07. The molecule has 16 nitrogen and oxygen atoms in total. The molecule has 3 saturated heterocycles. The van der Waals surface area contributed by atoms with Crippen molar-refractivity contribution in [3.05, 3.63) is 215 Å². The summed E-state index contributed by atoms with van der Waals surface area (Å²) in [6.07, 6.45) is -9.00. The molecule has 0 radical (unpaired) electrons. The molecule has 70 heavy (non-hydrogen) atoms. The summed E-state index contributed by atoms with van der Waals surface area (Å²) in [6, 6.07) is 48.4. The van der Waals surface area contributed by atoms with E-state index in [1.165, 1.54) is 48.5 Å². The van der Waals surface area contributed by atoms with Gasteiger partial charge in [0.05, 0.1) is 33.4 Å². The maximum Gasteiger partial charge on any atom is 0.338 e. The summed E-state index contributed by atoms with van der Waals surface area (Å²) in [4.78, 5) is 82.4. The second-order valence-corrected chi connectivity index (χ2v) is 16.3. The number of hydrogen-bond donors (Lipinski definition) is 0. The molecular weight excluding hydrogens is 905 g/mol. The second-order valence-electron chi connectivity index (χ2n) is 16.3. The van der Waals surface area contributed by atoms with Gasteiger partial charge in [-0.2, -0.15) is 0 Å². The van der Waals surface area contributed by atoms with Crippen LogP contribution in [0, 0.1) is 0 Å². The first kappa shape index (κ1) is 47.1. The zero-order chi connectivity index (χ0) is 48.5. The molecule has 0 saturated carbocycles. The smallest absolute Gasteiger partial charge is 0.338 e. The van der Waals surface area contributed by atoms with Crippen molar-refractivity contribution in [1.82, 2.24) is 0 Å². The third-order valence-corrected chi connectivity index (χ3v) is 11.7. The van der Waals surface area contributed by atoms with Crippen LogP contribution in [0.2, 0.25) is 0 Å². The lowest BCUT2D eigenvalue weighted by atomic mass is 10.0. The first-order chi connectivity index (χ1) is 34.1. The number of carbonyl (C=O) groups excluding carboxylic acids is 6. The van der Waals surface area contributed by atoms with E-state index in [1.54, 1.807) is 133 Å². The van der Waals surface area contributed by atoms with Gasteiger partial charge in [-0.15, -0.1) is 0 Å². The molecule has 2 spiro atoms. The zero-order valence-electron chi connectivity index (χ0n) is 37.1. The van der Waals surface area contributed by atoms with E-state index in [1.807, 2.05) is 0 Å². The van der Waals surface area contributed by atoms with Gasteiger partial charge < -0.3 is 47.4 Å². The van der Waals surface area contributed by atoms with Crippen molar-refractivity contribution in [3.8, 4) is 0 Å². The van der Waals surface area contributed by atoms with E-state index in [0.717, 1.165) is 0 Å². The second kappa shape index (κ2) is 21.1. The monoisotopic (exact) mass is 948 g/mol. The van der Waals surface area contributed by atoms with Crippen molar-refractivity contribution in [2.75, 3.05) is 26.4 Å². The first-order valence-electron chi connectivity index (χ1n) is 22.2. The molecule has 3 fully saturated rings. The predicted molar refractivity (Wildman–Crippen MR) is 243 cm³/mol. The van der Waals surface area contributed by atoms with Gasteiger partial charge in [-0.1, -0.05) is 109 Å². The predicted octanol–water partition coefficient (Wildman–Crippen LogP) is 6.84. The zero-order valence-corrected chi connectivity index (χ0v) is 37.1. The molecule has 0 aliphatic carbocycles. The summed E-state index contributed by atoms with van der Waals surface area (Å²) >= 11 is 0. The Morgan fingerprint density at radius 2 is 0.600 bits per heavy atom. The standard InChI is InChI=1S/C54H44O16/c55-47(35-19-7-1-8-20-35)61-31-41-43(65-49(57)37-23-11-3-12-24-37)45(67-51(59)39-27-15-5-16-28-39)53(69-41)33-64-54(34-63-53)46(68-52(60)40-29-17-6-18-30-40)44(66-50(58)38-25-13-4-14-26-38)42(70-54)32-62-48(56)36-21-9-2-10-22-36/h1-30,41-46H,31-34H2/t41-,42-,43-,44-,45+,46+,53-,54+/m1/s1. The van der Waals surface area contributed by atoms with Crippen molar-refractivity contribution >= 4 is 35.8 Å². The average molecular weight is 949 g/mol. The Bertz CT molecular complexity index is 2580. The van der Waals surface area contributed by atoms with E-state index in [2.05, 4.69) is 0 Å². The topological polar surface area (TPSA) is 195 Å². The highest BCUT2D eigenvalue weighted by Crippen LogP contribution is 2.47. The molecule has 3 aliphatic heterocycles. The van der Waals surface area contributed by atoms with Gasteiger partial charge in [0.15, 0.2) is 24.4 Å². The molecule has 356 valence electrons. The molecular formula is C54H44O16. The molecule has 0 N–H and O–H groups in total. The Hall–Kier alpha value is -8.02. The van der Waals surface area contributed by atoms with Crippen molar-refractivity contribution in [3.63, 3.8) is 0 Å². The average Bonchev–Trinajstić information content (AvgIpc) is 3.85. The molecule has 16 heteroatoms. The maximum atomic E-state index is 14.0. The van der Waals surface area contributed by atoms with Crippen molar-refractivity contribution in [1.29, 1.82) is 0 Å². The highest BCUT2D eigenvalue weighted by Gasteiger charge is 2.69. The highest BCUT2D eigenvalue weighted by atomic mass is 16.8. The lowest BCUT2D eigenvalue weighted by Crippen LogP contribution is -2.64. The van der Waals surface area contributed by atoms with Gasteiger partial charge in [-0.3, -0.25) is 0 Å². The van der Waals surface area contributed by atoms with Crippen molar-refractivity contribution in [2.24, 2.45) is 0 Å². The van der Waals surface area contributed by atoms with Crippen LogP contribution in [0.25, 0.3) is 0 Å². The SMILES string of the molecule is O=C(OC[C@H]1O[C@@]2(CO[C@]3(CO2)O[C@H](COC(=O)c2ccccc2)[C@@H](OC(=O)c2ccccc2)[C@@H]3OC(=O)c2ccccc2)[C@@H](OC(=O)c2ccccc2)[C@@H]1OC(=O)c1ccccc1)c1ccccc1. The largest absolute Gasteiger partial charge is 0.459 e. The Kier molecular flexibility index (Phi) is 14.2. The fraction of sp³-hybridized carbons (Fsp3) is 0.222. The fourth-order valence-electron chi connectivity index (χ4n) is 8.19. The van der Waals surface area contributed by atoms with E-state index in [-0.39, 0.29) is 33.4 Å². The van der Waals surface area contributed by atoms with Crippen LogP contribution in [0.1, 0.15) is 62.1 Å². The minimum absolute atomic E-state index is 0.126. The summed E-state index contributed by atoms with van der Waals surface area (Å²) in [7, 11) is 0. The molecule has 0 amide bonds. The molecule has 0 bridgehead atoms. The number of carbonyl (C=O) groups is 6. The van der Waals surface area contributed by atoms with Gasteiger partial charge >= 0.3 is 35.8 Å². The van der Waals surface area contributed by atoms with E-state index < -0.39 is 110 Å². The van der Waals surface area contributed by atoms with Crippen LogP contribution in [0.15, 0.2) is 182 Å². The number of benzene rings is 6. The summed E-state index contributed by atoms with van der Waals surface area (Å²) in [5.41, 5.74) is 0.991. The quantitative estimate of drug-likeness (QED) is 0.0813. The molecule has 0 aromatic heterocycles. The minimum Gasteiger partial charge on any atom is -0.459 e. The van der Waals surface area contributed by atoms with Crippen LogP contribution in [0.5, 0.6) is 0 Å². The first-order valence-corrected chi connectivity index (χ1v) is 22.2. The lowest BCUT2D eigenvalue weighted by molar-refractivity contribution is -0.400. The summed E-state index contributed by atoms with van der Waals surface area (Å²) < 4.78 is 62.4. The van der Waals surface area contributed by atoms with Crippen LogP contribution in [-0.2, 0) is 47.4 Å². The minimum atomic E-state index is -2.15. The summed E-state index contributed by atoms with van der Waals surface area (Å²) in [6.45, 7) is -2.46. The normalized spacial score (nSPS) is 24.5. The Morgan fingerprint density at radius 1 is 0.357 bits per heavy atom. The molecule has 6 aromatic rings. The van der Waals surface area contributed by atoms with E-state index in [9.17, 15) is 28.8 Å². The summed E-state index contributed by atoms with van der Waals surface area (Å²) in [5, 5.41) is 0. The van der Waals surface area contributed by atoms with Crippen LogP contribution in [-0.4, -0.2) is 110 Å². The number of ether oxygens (including phenoxy) is 10. The molecule has 9 rings (SSSR count). The molecule has 8 atom stereocenters. The number of rotatable bonds is 14. The third-order valence-electron chi connectivity index (χ3n) is 11.7. The molecule has 3 aliphatic rings. The van der Waals surface area contributed by atoms with Gasteiger partial charge in [0, 0.05) is 0 Å². The Morgan fingerprint density at radius 3 is 0.857 bits per heavy atom.